The number of rotatable bonds is 13. The average Bonchev–Trinajstić information content (AvgIpc) is 2.93. The SMILES string of the molecule is CCCCCCN(C(=O)C(CC(N)=O)NC(=O)OC(C)(C)C)C(C(=O)Nc1ccc2ccccc2c1)c1ccc(O)cc1. The lowest BCUT2D eigenvalue weighted by Gasteiger charge is -2.34. The molecule has 5 N–H and O–H groups in total. The van der Waals surface area contributed by atoms with E-state index in [1.165, 1.54) is 17.0 Å². The van der Waals surface area contributed by atoms with E-state index in [4.69, 9.17) is 10.5 Å². The fourth-order valence-corrected chi connectivity index (χ4v) is 4.73. The lowest BCUT2D eigenvalue weighted by molar-refractivity contribution is -0.142. The third-order valence-corrected chi connectivity index (χ3v) is 6.72. The highest BCUT2D eigenvalue weighted by Gasteiger charge is 2.37. The van der Waals surface area contributed by atoms with E-state index in [9.17, 15) is 24.3 Å². The predicted octanol–water partition coefficient (Wildman–Crippen LogP) is 5.40. The van der Waals surface area contributed by atoms with Gasteiger partial charge in [-0.2, -0.15) is 0 Å². The molecule has 0 spiro atoms. The molecule has 2 atom stereocenters. The molecule has 0 fully saturated rings. The molecule has 3 aromatic rings. The number of primary amides is 1. The summed E-state index contributed by atoms with van der Waals surface area (Å²) in [4.78, 5) is 54.3. The van der Waals surface area contributed by atoms with Crippen molar-refractivity contribution in [3.63, 3.8) is 0 Å². The summed E-state index contributed by atoms with van der Waals surface area (Å²) in [7, 11) is 0. The molecule has 10 heteroatoms. The van der Waals surface area contributed by atoms with Gasteiger partial charge in [0.2, 0.25) is 11.8 Å². The van der Waals surface area contributed by atoms with E-state index in [1.807, 2.05) is 36.4 Å². The number of nitrogens with zero attached hydrogens (tertiary/aromatic N) is 1. The molecule has 0 aliphatic rings. The standard InChI is InChI=1S/C33H42N4O6/c1-5-6-7-10-19-37(31(41)27(21-28(34)39)36-32(42)43-33(2,3)4)29(23-14-17-26(38)18-15-23)30(40)35-25-16-13-22-11-8-9-12-24(22)20-25/h8-9,11-18,20,27,29,38H,5-7,10,19,21H2,1-4H3,(H2,34,39)(H,35,40)(H,36,42). The Balaban J connectivity index is 2.03. The van der Waals surface area contributed by atoms with E-state index in [0.29, 0.717) is 17.7 Å². The molecule has 0 saturated heterocycles. The maximum absolute atomic E-state index is 14.2. The van der Waals surface area contributed by atoms with Gasteiger partial charge in [0.1, 0.15) is 23.4 Å². The normalized spacial score (nSPS) is 12.7. The number of anilines is 1. The van der Waals surface area contributed by atoms with E-state index in [2.05, 4.69) is 17.6 Å². The van der Waals surface area contributed by atoms with Crippen molar-refractivity contribution in [1.82, 2.24) is 10.2 Å². The van der Waals surface area contributed by atoms with Gasteiger partial charge in [0.25, 0.3) is 5.91 Å². The van der Waals surface area contributed by atoms with E-state index in [0.717, 1.165) is 30.0 Å². The van der Waals surface area contributed by atoms with Crippen LogP contribution in [0.4, 0.5) is 10.5 Å². The summed E-state index contributed by atoms with van der Waals surface area (Å²) >= 11 is 0. The fourth-order valence-electron chi connectivity index (χ4n) is 4.73. The van der Waals surface area contributed by atoms with E-state index in [-0.39, 0.29) is 12.3 Å². The van der Waals surface area contributed by atoms with Crippen LogP contribution < -0.4 is 16.4 Å². The van der Waals surface area contributed by atoms with Gasteiger partial charge in [-0.25, -0.2) is 4.79 Å². The molecule has 0 aliphatic heterocycles. The molecule has 0 saturated carbocycles. The fraction of sp³-hybridized carbons (Fsp3) is 0.394. The Labute approximate surface area is 252 Å². The zero-order chi connectivity index (χ0) is 31.6. The minimum absolute atomic E-state index is 0.00328. The van der Waals surface area contributed by atoms with E-state index in [1.54, 1.807) is 39.0 Å². The van der Waals surface area contributed by atoms with Gasteiger partial charge in [-0.15, -0.1) is 0 Å². The van der Waals surface area contributed by atoms with Gasteiger partial charge >= 0.3 is 6.09 Å². The van der Waals surface area contributed by atoms with Gasteiger partial charge in [-0.05, 0) is 67.8 Å². The van der Waals surface area contributed by atoms with Gasteiger partial charge in [0.15, 0.2) is 0 Å². The predicted molar refractivity (Wildman–Crippen MR) is 166 cm³/mol. The molecule has 0 heterocycles. The first-order valence-electron chi connectivity index (χ1n) is 14.5. The number of unbranched alkanes of at least 4 members (excludes halogenated alkanes) is 3. The molecule has 0 radical (unpaired) electrons. The smallest absolute Gasteiger partial charge is 0.408 e. The van der Waals surface area contributed by atoms with Crippen LogP contribution in [0.15, 0.2) is 66.7 Å². The van der Waals surface area contributed by atoms with Crippen molar-refractivity contribution in [2.45, 2.75) is 77.5 Å². The summed E-state index contributed by atoms with van der Waals surface area (Å²) in [6, 6.07) is 16.7. The monoisotopic (exact) mass is 590 g/mol. The van der Waals surface area contributed by atoms with E-state index >= 15 is 0 Å². The van der Waals surface area contributed by atoms with Crippen LogP contribution in [0.5, 0.6) is 5.75 Å². The van der Waals surface area contributed by atoms with Crippen molar-refractivity contribution in [2.24, 2.45) is 5.73 Å². The molecule has 3 rings (SSSR count). The number of fused-ring (bicyclic) bond motifs is 1. The summed E-state index contributed by atoms with van der Waals surface area (Å²) in [5.41, 5.74) is 5.60. The Bertz CT molecular complexity index is 1420. The number of hydrogen-bond acceptors (Lipinski definition) is 6. The van der Waals surface area contributed by atoms with Crippen LogP contribution in [0.2, 0.25) is 0 Å². The number of carbonyl (C=O) groups excluding carboxylic acids is 4. The second kappa shape index (κ2) is 15.0. The van der Waals surface area contributed by atoms with Crippen LogP contribution in [-0.4, -0.2) is 52.0 Å². The maximum Gasteiger partial charge on any atom is 0.408 e. The zero-order valence-corrected chi connectivity index (χ0v) is 25.3. The Morgan fingerprint density at radius 1 is 0.930 bits per heavy atom. The Morgan fingerprint density at radius 3 is 2.23 bits per heavy atom. The number of ether oxygens (including phenoxy) is 1. The van der Waals surface area contributed by atoms with Gasteiger partial charge < -0.3 is 31.1 Å². The van der Waals surface area contributed by atoms with Crippen molar-refractivity contribution in [1.29, 1.82) is 0 Å². The van der Waals surface area contributed by atoms with Gasteiger partial charge in [-0.1, -0.05) is 68.7 Å². The summed E-state index contributed by atoms with van der Waals surface area (Å²) in [6.45, 7) is 7.26. The van der Waals surface area contributed by atoms with Gasteiger partial charge in [-0.3, -0.25) is 14.4 Å². The van der Waals surface area contributed by atoms with Crippen molar-refractivity contribution < 1.29 is 29.0 Å². The molecule has 0 aliphatic carbocycles. The molecular weight excluding hydrogens is 548 g/mol. The molecule has 0 bridgehead atoms. The lowest BCUT2D eigenvalue weighted by atomic mass is 10.0. The highest BCUT2D eigenvalue weighted by molar-refractivity contribution is 6.01. The van der Waals surface area contributed by atoms with Crippen molar-refractivity contribution >= 4 is 40.3 Å². The lowest BCUT2D eigenvalue weighted by Crippen LogP contribution is -2.53. The van der Waals surface area contributed by atoms with Crippen LogP contribution in [0.25, 0.3) is 10.8 Å². The van der Waals surface area contributed by atoms with Gasteiger partial charge in [0, 0.05) is 12.2 Å². The number of nitrogens with two attached hydrogens (primary N) is 1. The number of phenols is 1. The second-order valence-corrected chi connectivity index (χ2v) is 11.5. The van der Waals surface area contributed by atoms with Crippen LogP contribution in [0.3, 0.4) is 0 Å². The minimum atomic E-state index is -1.37. The Morgan fingerprint density at radius 2 is 1.60 bits per heavy atom. The molecule has 0 aromatic heterocycles. The largest absolute Gasteiger partial charge is 0.508 e. The first kappa shape index (κ1) is 32.9. The minimum Gasteiger partial charge on any atom is -0.508 e. The van der Waals surface area contributed by atoms with Crippen LogP contribution in [-0.2, 0) is 19.1 Å². The number of benzene rings is 3. The maximum atomic E-state index is 14.2. The topological polar surface area (TPSA) is 151 Å². The van der Waals surface area contributed by atoms with Gasteiger partial charge in [0.05, 0.1) is 6.42 Å². The average molecular weight is 591 g/mol. The third kappa shape index (κ3) is 10.0. The van der Waals surface area contributed by atoms with Crippen molar-refractivity contribution in [3.8, 4) is 5.75 Å². The first-order chi connectivity index (χ1) is 20.4. The summed E-state index contributed by atoms with van der Waals surface area (Å²) < 4.78 is 5.33. The number of alkyl carbamates (subject to hydrolysis) is 1. The Kier molecular flexibility index (Phi) is 11.5. The number of aromatic hydroxyl groups is 1. The molecule has 2 unspecified atom stereocenters. The molecule has 3 aromatic carbocycles. The summed E-state index contributed by atoms with van der Waals surface area (Å²) in [5.74, 6) is -1.97. The molecule has 43 heavy (non-hydrogen) atoms. The van der Waals surface area contributed by atoms with Crippen LogP contribution >= 0.6 is 0 Å². The second-order valence-electron chi connectivity index (χ2n) is 11.5. The summed E-state index contributed by atoms with van der Waals surface area (Å²) in [6.07, 6.45) is 1.89. The number of hydrogen-bond donors (Lipinski definition) is 4. The number of phenolic OH excluding ortho intramolecular Hbond substituents is 1. The molecule has 4 amide bonds. The highest BCUT2D eigenvalue weighted by atomic mass is 16.6. The number of nitrogens with one attached hydrogen (secondary N) is 2. The first-order valence-corrected chi connectivity index (χ1v) is 14.5. The number of amides is 4. The third-order valence-electron chi connectivity index (χ3n) is 6.72. The van der Waals surface area contributed by atoms with Crippen molar-refractivity contribution in [3.05, 3.63) is 72.3 Å². The number of carbonyl (C=O) groups is 4. The van der Waals surface area contributed by atoms with E-state index < -0.39 is 47.9 Å². The summed E-state index contributed by atoms with van der Waals surface area (Å²) in [5, 5.41) is 17.3. The Hall–Kier alpha value is -4.60. The van der Waals surface area contributed by atoms with Crippen molar-refractivity contribution in [2.75, 3.05) is 11.9 Å². The molecule has 10 nitrogen and oxygen atoms in total. The molecular formula is C33H42N4O6. The van der Waals surface area contributed by atoms with Crippen LogP contribution in [0.1, 0.15) is 71.4 Å². The molecule has 230 valence electrons. The zero-order valence-electron chi connectivity index (χ0n) is 25.3. The highest BCUT2D eigenvalue weighted by Crippen LogP contribution is 2.28. The van der Waals surface area contributed by atoms with Crippen LogP contribution in [0, 0.1) is 0 Å². The quantitative estimate of drug-likeness (QED) is 0.196.